The van der Waals surface area contributed by atoms with E-state index in [9.17, 15) is 4.79 Å². The number of ether oxygens (including phenoxy) is 1. The number of hydrogen-bond acceptors (Lipinski definition) is 5. The van der Waals surface area contributed by atoms with E-state index in [4.69, 9.17) is 4.74 Å². The molecule has 17 heavy (non-hydrogen) atoms. The maximum absolute atomic E-state index is 11.9. The summed E-state index contributed by atoms with van der Waals surface area (Å²) in [7, 11) is 5.14. The van der Waals surface area contributed by atoms with Crippen molar-refractivity contribution in [3.63, 3.8) is 0 Å². The van der Waals surface area contributed by atoms with E-state index < -0.39 is 0 Å². The topological polar surface area (TPSA) is 67.4 Å². The van der Waals surface area contributed by atoms with Gasteiger partial charge in [-0.05, 0) is 6.42 Å². The lowest BCUT2D eigenvalue weighted by atomic mass is 10.3. The first-order valence-corrected chi connectivity index (χ1v) is 5.43. The Morgan fingerprint density at radius 3 is 2.76 bits per heavy atom. The second-order valence-corrected chi connectivity index (χ2v) is 3.61. The van der Waals surface area contributed by atoms with Crippen molar-refractivity contribution in [3.8, 4) is 0 Å². The van der Waals surface area contributed by atoms with Gasteiger partial charge in [0.25, 0.3) is 5.91 Å². The standard InChI is InChI=1S/C11H18N4O2/c1-12-10-8-13-9(7-14-10)11(16)15(2)5-4-6-17-3/h7-8H,4-6H2,1-3H3,(H,12,14). The minimum atomic E-state index is -0.128. The van der Waals surface area contributed by atoms with Gasteiger partial charge in [0.2, 0.25) is 0 Å². The molecular formula is C11H18N4O2. The highest BCUT2D eigenvalue weighted by atomic mass is 16.5. The van der Waals surface area contributed by atoms with Crippen LogP contribution in [-0.2, 0) is 4.74 Å². The zero-order valence-corrected chi connectivity index (χ0v) is 10.4. The minimum absolute atomic E-state index is 0.128. The summed E-state index contributed by atoms with van der Waals surface area (Å²) in [4.78, 5) is 21.6. The number of methoxy groups -OCH3 is 1. The Labute approximate surface area is 101 Å². The molecule has 1 N–H and O–H groups in total. The van der Waals surface area contributed by atoms with Crippen LogP contribution in [0.3, 0.4) is 0 Å². The van der Waals surface area contributed by atoms with Crippen LogP contribution in [0.4, 0.5) is 5.82 Å². The highest BCUT2D eigenvalue weighted by Gasteiger charge is 2.12. The number of carbonyl (C=O) groups excluding carboxylic acids is 1. The lowest BCUT2D eigenvalue weighted by Crippen LogP contribution is -2.29. The van der Waals surface area contributed by atoms with Crippen LogP contribution >= 0.6 is 0 Å². The molecule has 0 unspecified atom stereocenters. The van der Waals surface area contributed by atoms with Crippen molar-refractivity contribution in [3.05, 3.63) is 18.1 Å². The fourth-order valence-electron chi connectivity index (χ4n) is 1.31. The second kappa shape index (κ2) is 6.80. The molecule has 0 saturated carbocycles. The number of hydrogen-bond donors (Lipinski definition) is 1. The molecule has 1 aromatic heterocycles. The van der Waals surface area contributed by atoms with Gasteiger partial charge in [0.1, 0.15) is 11.5 Å². The average molecular weight is 238 g/mol. The highest BCUT2D eigenvalue weighted by molar-refractivity contribution is 5.91. The first-order valence-electron chi connectivity index (χ1n) is 5.43. The predicted molar refractivity (Wildman–Crippen MR) is 65.0 cm³/mol. The molecule has 1 rings (SSSR count). The van der Waals surface area contributed by atoms with Crippen LogP contribution in [-0.4, -0.2) is 55.1 Å². The van der Waals surface area contributed by atoms with Crippen LogP contribution in [0.15, 0.2) is 12.4 Å². The summed E-state index contributed by atoms with van der Waals surface area (Å²) in [6, 6.07) is 0. The largest absolute Gasteiger partial charge is 0.385 e. The third-order valence-electron chi connectivity index (χ3n) is 2.32. The number of nitrogens with zero attached hydrogens (tertiary/aromatic N) is 3. The fraction of sp³-hybridized carbons (Fsp3) is 0.545. The van der Waals surface area contributed by atoms with Crippen molar-refractivity contribution < 1.29 is 9.53 Å². The van der Waals surface area contributed by atoms with Gasteiger partial charge in [-0.15, -0.1) is 0 Å². The average Bonchev–Trinajstić information content (AvgIpc) is 2.38. The van der Waals surface area contributed by atoms with Gasteiger partial charge in [0.15, 0.2) is 0 Å². The van der Waals surface area contributed by atoms with Crippen molar-refractivity contribution in [1.82, 2.24) is 14.9 Å². The van der Waals surface area contributed by atoms with E-state index in [0.717, 1.165) is 6.42 Å². The fourth-order valence-corrected chi connectivity index (χ4v) is 1.31. The van der Waals surface area contributed by atoms with E-state index in [1.54, 1.807) is 26.1 Å². The van der Waals surface area contributed by atoms with Crippen LogP contribution < -0.4 is 5.32 Å². The molecule has 1 aromatic rings. The lowest BCUT2D eigenvalue weighted by molar-refractivity contribution is 0.0773. The summed E-state index contributed by atoms with van der Waals surface area (Å²) >= 11 is 0. The molecule has 0 bridgehead atoms. The van der Waals surface area contributed by atoms with Gasteiger partial charge in [-0.3, -0.25) is 4.79 Å². The van der Waals surface area contributed by atoms with Crippen LogP contribution in [0.2, 0.25) is 0 Å². The molecule has 1 amide bonds. The van der Waals surface area contributed by atoms with Crippen molar-refractivity contribution in [1.29, 1.82) is 0 Å². The molecule has 0 radical (unpaired) electrons. The van der Waals surface area contributed by atoms with Gasteiger partial charge in [0, 0.05) is 34.4 Å². The Morgan fingerprint density at radius 2 is 2.24 bits per heavy atom. The molecule has 1 heterocycles. The Bertz CT molecular complexity index is 353. The molecule has 0 saturated heterocycles. The van der Waals surface area contributed by atoms with E-state index in [2.05, 4.69) is 15.3 Å². The maximum Gasteiger partial charge on any atom is 0.273 e. The highest BCUT2D eigenvalue weighted by Crippen LogP contribution is 2.03. The monoisotopic (exact) mass is 238 g/mol. The van der Waals surface area contributed by atoms with Gasteiger partial charge < -0.3 is 15.0 Å². The van der Waals surface area contributed by atoms with E-state index in [-0.39, 0.29) is 5.91 Å². The summed E-state index contributed by atoms with van der Waals surface area (Å²) < 4.78 is 4.93. The van der Waals surface area contributed by atoms with E-state index in [0.29, 0.717) is 24.7 Å². The Kier molecular flexibility index (Phi) is 5.35. The molecular weight excluding hydrogens is 220 g/mol. The van der Waals surface area contributed by atoms with Crippen LogP contribution in [0.25, 0.3) is 0 Å². The smallest absolute Gasteiger partial charge is 0.273 e. The zero-order chi connectivity index (χ0) is 12.7. The van der Waals surface area contributed by atoms with Crippen LogP contribution in [0.1, 0.15) is 16.9 Å². The van der Waals surface area contributed by atoms with E-state index in [1.165, 1.54) is 12.4 Å². The number of carbonyl (C=O) groups is 1. The molecule has 0 atom stereocenters. The van der Waals surface area contributed by atoms with Crippen LogP contribution in [0, 0.1) is 0 Å². The Balaban J connectivity index is 2.55. The van der Waals surface area contributed by atoms with Crippen molar-refractivity contribution in [2.75, 3.05) is 39.7 Å². The molecule has 0 aliphatic rings. The maximum atomic E-state index is 11.9. The molecule has 0 spiro atoms. The van der Waals surface area contributed by atoms with Crippen molar-refractivity contribution in [2.45, 2.75) is 6.42 Å². The van der Waals surface area contributed by atoms with Gasteiger partial charge >= 0.3 is 0 Å². The minimum Gasteiger partial charge on any atom is -0.385 e. The molecule has 0 aromatic carbocycles. The second-order valence-electron chi connectivity index (χ2n) is 3.61. The van der Waals surface area contributed by atoms with Gasteiger partial charge in [-0.1, -0.05) is 0 Å². The predicted octanol–water partition coefficient (Wildman–Crippen LogP) is 0.627. The molecule has 6 nitrogen and oxygen atoms in total. The summed E-state index contributed by atoms with van der Waals surface area (Å²) in [5, 5.41) is 2.85. The number of amides is 1. The summed E-state index contributed by atoms with van der Waals surface area (Å²) in [6.45, 7) is 1.28. The molecule has 0 aliphatic carbocycles. The summed E-state index contributed by atoms with van der Waals surface area (Å²) in [6.07, 6.45) is 3.82. The van der Waals surface area contributed by atoms with Crippen LogP contribution in [0.5, 0.6) is 0 Å². The van der Waals surface area contributed by atoms with Gasteiger partial charge in [-0.2, -0.15) is 0 Å². The quantitative estimate of drug-likeness (QED) is 0.736. The molecule has 6 heteroatoms. The van der Waals surface area contributed by atoms with Crippen molar-refractivity contribution >= 4 is 11.7 Å². The first kappa shape index (κ1) is 13.4. The number of nitrogens with one attached hydrogen (secondary N) is 1. The number of anilines is 1. The molecule has 0 aliphatic heterocycles. The SMILES string of the molecule is CNc1cnc(C(=O)N(C)CCCOC)cn1. The molecule has 94 valence electrons. The summed E-state index contributed by atoms with van der Waals surface area (Å²) in [5.41, 5.74) is 0.351. The number of aromatic nitrogens is 2. The van der Waals surface area contributed by atoms with E-state index in [1.807, 2.05) is 0 Å². The third kappa shape index (κ3) is 3.99. The molecule has 0 fully saturated rings. The lowest BCUT2D eigenvalue weighted by Gasteiger charge is -2.16. The third-order valence-corrected chi connectivity index (χ3v) is 2.32. The Hall–Kier alpha value is -1.69. The zero-order valence-electron chi connectivity index (χ0n) is 10.4. The van der Waals surface area contributed by atoms with Crippen molar-refractivity contribution in [2.24, 2.45) is 0 Å². The number of rotatable bonds is 6. The van der Waals surface area contributed by atoms with E-state index >= 15 is 0 Å². The summed E-state index contributed by atoms with van der Waals surface area (Å²) in [5.74, 6) is 0.514. The Morgan fingerprint density at radius 1 is 1.47 bits per heavy atom. The first-order chi connectivity index (χ1) is 8.19. The van der Waals surface area contributed by atoms with Gasteiger partial charge in [0.05, 0.1) is 12.4 Å². The normalized spacial score (nSPS) is 10.1. The van der Waals surface area contributed by atoms with Gasteiger partial charge in [-0.25, -0.2) is 9.97 Å².